The molecular formula is C14H13BrFNO. The lowest BCUT2D eigenvalue weighted by atomic mass is 10.1. The zero-order valence-corrected chi connectivity index (χ0v) is 11.2. The van der Waals surface area contributed by atoms with Crippen LogP contribution in [-0.4, -0.2) is 6.61 Å². The normalized spacial score (nSPS) is 12.2. The van der Waals surface area contributed by atoms with Crippen LogP contribution in [0.2, 0.25) is 0 Å². The van der Waals surface area contributed by atoms with Gasteiger partial charge in [-0.15, -0.1) is 0 Å². The number of benzene rings is 2. The third-order valence-electron chi connectivity index (χ3n) is 2.50. The van der Waals surface area contributed by atoms with Gasteiger partial charge in [0.15, 0.2) is 0 Å². The number of hydrogen-bond donors (Lipinski definition) is 1. The van der Waals surface area contributed by atoms with Gasteiger partial charge in [0.05, 0.1) is 6.04 Å². The molecule has 2 aromatic carbocycles. The fraction of sp³-hybridized carbons (Fsp3) is 0.143. The molecule has 0 saturated carbocycles. The third kappa shape index (κ3) is 3.55. The minimum Gasteiger partial charge on any atom is -0.492 e. The first-order valence-corrected chi connectivity index (χ1v) is 6.34. The highest BCUT2D eigenvalue weighted by atomic mass is 79.9. The fourth-order valence-corrected chi connectivity index (χ4v) is 1.99. The first-order chi connectivity index (χ1) is 8.65. The molecule has 18 heavy (non-hydrogen) atoms. The lowest BCUT2D eigenvalue weighted by Crippen LogP contribution is -2.18. The Balaban J connectivity index is 1.98. The molecule has 2 rings (SSSR count). The van der Waals surface area contributed by atoms with E-state index in [-0.39, 0.29) is 11.9 Å². The molecule has 4 heteroatoms. The van der Waals surface area contributed by atoms with Gasteiger partial charge in [0.1, 0.15) is 18.2 Å². The Morgan fingerprint density at radius 3 is 2.67 bits per heavy atom. The van der Waals surface area contributed by atoms with Gasteiger partial charge in [-0.1, -0.05) is 34.1 Å². The van der Waals surface area contributed by atoms with Crippen molar-refractivity contribution in [3.8, 4) is 5.75 Å². The lowest BCUT2D eigenvalue weighted by molar-refractivity contribution is 0.289. The summed E-state index contributed by atoms with van der Waals surface area (Å²) in [6.07, 6.45) is 0. The largest absolute Gasteiger partial charge is 0.492 e. The molecule has 0 aliphatic carbocycles. The number of nitrogens with two attached hydrogens (primary N) is 1. The first kappa shape index (κ1) is 13.1. The van der Waals surface area contributed by atoms with Gasteiger partial charge >= 0.3 is 0 Å². The predicted octanol–water partition coefficient (Wildman–Crippen LogP) is 3.67. The van der Waals surface area contributed by atoms with Crippen molar-refractivity contribution in [3.05, 3.63) is 64.4 Å². The summed E-state index contributed by atoms with van der Waals surface area (Å²) in [5.41, 5.74) is 6.98. The summed E-state index contributed by atoms with van der Waals surface area (Å²) < 4.78 is 19.4. The number of halogens is 2. The molecule has 0 heterocycles. The summed E-state index contributed by atoms with van der Waals surface area (Å²) in [5.74, 6) is 0.170. The van der Waals surface area contributed by atoms with E-state index in [1.54, 1.807) is 12.1 Å². The molecule has 0 spiro atoms. The summed E-state index contributed by atoms with van der Waals surface area (Å²) in [7, 11) is 0. The number of rotatable bonds is 4. The summed E-state index contributed by atoms with van der Waals surface area (Å²) >= 11 is 3.39. The van der Waals surface area contributed by atoms with Crippen LogP contribution in [0.15, 0.2) is 53.0 Å². The van der Waals surface area contributed by atoms with Crippen molar-refractivity contribution in [2.24, 2.45) is 5.73 Å². The Bertz CT molecular complexity index is 533. The number of hydrogen-bond acceptors (Lipinski definition) is 2. The molecule has 0 amide bonds. The average molecular weight is 310 g/mol. The van der Waals surface area contributed by atoms with Crippen LogP contribution in [0.3, 0.4) is 0 Å². The van der Waals surface area contributed by atoms with Crippen LogP contribution in [0.4, 0.5) is 4.39 Å². The summed E-state index contributed by atoms with van der Waals surface area (Å²) in [6, 6.07) is 13.5. The zero-order chi connectivity index (χ0) is 13.0. The second kappa shape index (κ2) is 5.98. The average Bonchev–Trinajstić information content (AvgIpc) is 2.36. The van der Waals surface area contributed by atoms with Crippen molar-refractivity contribution in [2.45, 2.75) is 6.04 Å². The van der Waals surface area contributed by atoms with Crippen LogP contribution in [-0.2, 0) is 0 Å². The van der Waals surface area contributed by atoms with Crippen molar-refractivity contribution < 1.29 is 9.13 Å². The monoisotopic (exact) mass is 309 g/mol. The Morgan fingerprint density at radius 1 is 1.17 bits per heavy atom. The highest BCUT2D eigenvalue weighted by Gasteiger charge is 2.07. The van der Waals surface area contributed by atoms with Gasteiger partial charge in [-0.05, 0) is 29.8 Å². The molecule has 0 aromatic heterocycles. The minimum atomic E-state index is -0.316. The molecule has 1 unspecified atom stereocenters. The van der Waals surface area contributed by atoms with Crippen LogP contribution in [0.1, 0.15) is 11.6 Å². The van der Waals surface area contributed by atoms with Crippen LogP contribution >= 0.6 is 15.9 Å². The summed E-state index contributed by atoms with van der Waals surface area (Å²) in [6.45, 7) is 0.305. The molecule has 0 saturated heterocycles. The molecule has 94 valence electrons. The van der Waals surface area contributed by atoms with E-state index in [1.807, 2.05) is 24.3 Å². The van der Waals surface area contributed by atoms with E-state index in [0.29, 0.717) is 12.4 Å². The van der Waals surface area contributed by atoms with E-state index in [0.717, 1.165) is 10.0 Å². The molecule has 2 nitrogen and oxygen atoms in total. The van der Waals surface area contributed by atoms with Gasteiger partial charge in [0.25, 0.3) is 0 Å². The van der Waals surface area contributed by atoms with Gasteiger partial charge in [-0.25, -0.2) is 4.39 Å². The van der Waals surface area contributed by atoms with Gasteiger partial charge in [0, 0.05) is 10.5 Å². The Hall–Kier alpha value is -1.39. The molecule has 0 aliphatic heterocycles. The van der Waals surface area contributed by atoms with Gasteiger partial charge in [0.2, 0.25) is 0 Å². The zero-order valence-electron chi connectivity index (χ0n) is 9.64. The molecule has 2 aromatic rings. The van der Waals surface area contributed by atoms with E-state index >= 15 is 0 Å². The first-order valence-electron chi connectivity index (χ1n) is 5.54. The molecule has 0 fully saturated rings. The highest BCUT2D eigenvalue weighted by Crippen LogP contribution is 2.18. The fourth-order valence-electron chi connectivity index (χ4n) is 1.58. The Labute approximate surface area is 114 Å². The Morgan fingerprint density at radius 2 is 1.94 bits per heavy atom. The van der Waals surface area contributed by atoms with Crippen molar-refractivity contribution in [1.82, 2.24) is 0 Å². The van der Waals surface area contributed by atoms with Crippen molar-refractivity contribution in [2.75, 3.05) is 6.61 Å². The lowest BCUT2D eigenvalue weighted by Gasteiger charge is -2.13. The van der Waals surface area contributed by atoms with Crippen LogP contribution in [0, 0.1) is 5.82 Å². The maximum Gasteiger partial charge on any atom is 0.126 e. The molecule has 2 N–H and O–H groups in total. The SMILES string of the molecule is NC(COc1cccc(F)c1)c1cccc(Br)c1. The van der Waals surface area contributed by atoms with Gasteiger partial charge in [-0.2, -0.15) is 0 Å². The van der Waals surface area contributed by atoms with E-state index in [1.165, 1.54) is 12.1 Å². The standard InChI is InChI=1S/C14H13BrFNO/c15-11-4-1-3-10(7-11)14(17)9-18-13-6-2-5-12(16)8-13/h1-8,14H,9,17H2. The van der Waals surface area contributed by atoms with E-state index in [9.17, 15) is 4.39 Å². The van der Waals surface area contributed by atoms with E-state index in [4.69, 9.17) is 10.5 Å². The van der Waals surface area contributed by atoms with Crippen molar-refractivity contribution in [3.63, 3.8) is 0 Å². The molecular weight excluding hydrogens is 297 g/mol. The smallest absolute Gasteiger partial charge is 0.126 e. The van der Waals surface area contributed by atoms with Crippen molar-refractivity contribution in [1.29, 1.82) is 0 Å². The molecule has 0 radical (unpaired) electrons. The number of ether oxygens (including phenoxy) is 1. The quantitative estimate of drug-likeness (QED) is 0.935. The Kier molecular flexibility index (Phi) is 4.33. The molecule has 0 bridgehead atoms. The topological polar surface area (TPSA) is 35.2 Å². The molecule has 0 aliphatic rings. The maximum atomic E-state index is 13.0. The van der Waals surface area contributed by atoms with E-state index < -0.39 is 0 Å². The van der Waals surface area contributed by atoms with Crippen LogP contribution < -0.4 is 10.5 Å². The molecule has 1 atom stereocenters. The summed E-state index contributed by atoms with van der Waals surface area (Å²) in [4.78, 5) is 0. The second-order valence-electron chi connectivity index (χ2n) is 3.93. The van der Waals surface area contributed by atoms with Gasteiger partial charge in [-0.3, -0.25) is 0 Å². The van der Waals surface area contributed by atoms with Crippen molar-refractivity contribution >= 4 is 15.9 Å². The highest BCUT2D eigenvalue weighted by molar-refractivity contribution is 9.10. The predicted molar refractivity (Wildman–Crippen MR) is 73.0 cm³/mol. The van der Waals surface area contributed by atoms with Crippen LogP contribution in [0.25, 0.3) is 0 Å². The maximum absolute atomic E-state index is 13.0. The summed E-state index contributed by atoms with van der Waals surface area (Å²) in [5, 5.41) is 0. The minimum absolute atomic E-state index is 0.245. The third-order valence-corrected chi connectivity index (χ3v) is 3.00. The van der Waals surface area contributed by atoms with Crippen LogP contribution in [0.5, 0.6) is 5.75 Å². The van der Waals surface area contributed by atoms with E-state index in [2.05, 4.69) is 15.9 Å². The van der Waals surface area contributed by atoms with Gasteiger partial charge < -0.3 is 10.5 Å². The second-order valence-corrected chi connectivity index (χ2v) is 4.85.